The van der Waals surface area contributed by atoms with Crippen molar-refractivity contribution in [3.63, 3.8) is 0 Å². The minimum atomic E-state index is -0.411. The highest BCUT2D eigenvalue weighted by molar-refractivity contribution is 6.38. The molecular weight excluding hydrogens is 498 g/mol. The van der Waals surface area contributed by atoms with Crippen LogP contribution in [0.2, 0.25) is 0 Å². The number of carbonyl (C=O) groups excluding carboxylic acids is 3. The van der Waals surface area contributed by atoms with E-state index in [1.807, 2.05) is 116 Å². The maximum atomic E-state index is 13.9. The van der Waals surface area contributed by atoms with Crippen molar-refractivity contribution in [2.45, 2.75) is 20.4 Å². The summed E-state index contributed by atoms with van der Waals surface area (Å²) in [5.74, 6) is -0.845. The molecule has 2 amide bonds. The summed E-state index contributed by atoms with van der Waals surface area (Å²) < 4.78 is 1.87. The Labute approximate surface area is 232 Å². The summed E-state index contributed by atoms with van der Waals surface area (Å²) >= 11 is 0. The fraction of sp³-hybridized carbons (Fsp3) is 0.0882. The number of para-hydroxylation sites is 1. The van der Waals surface area contributed by atoms with Crippen molar-refractivity contribution in [2.24, 2.45) is 0 Å². The molecule has 6 heteroatoms. The van der Waals surface area contributed by atoms with Crippen LogP contribution in [-0.2, 0) is 16.1 Å². The number of amides is 2. The lowest BCUT2D eigenvalue weighted by Crippen LogP contribution is -2.41. The number of benzene rings is 4. The summed E-state index contributed by atoms with van der Waals surface area (Å²) in [5.41, 5.74) is 5.54. The molecule has 196 valence electrons. The summed E-state index contributed by atoms with van der Waals surface area (Å²) in [5, 5.41) is 3.71. The number of Topliss-reactive ketones (excluding diaryl/α,β-unsaturated/α-hetero) is 1. The number of hydrogen-bond donors (Lipinski definition) is 0. The highest BCUT2D eigenvalue weighted by Gasteiger charge is 2.43. The number of nitrogens with zero attached hydrogens (tertiary/aromatic N) is 3. The molecule has 0 radical (unpaired) electrons. The molecule has 6 rings (SSSR count). The normalized spacial score (nSPS) is 13.4. The Balaban J connectivity index is 1.44. The average molecular weight is 526 g/mol. The Bertz CT molecular complexity index is 1720. The minimum absolute atomic E-state index is 0.0235. The second-order valence-electron chi connectivity index (χ2n) is 9.98. The number of hydrazine groups is 1. The first-order chi connectivity index (χ1) is 19.4. The van der Waals surface area contributed by atoms with Crippen molar-refractivity contribution in [1.82, 2.24) is 4.57 Å². The van der Waals surface area contributed by atoms with Crippen molar-refractivity contribution in [2.75, 3.05) is 10.0 Å². The second-order valence-corrected chi connectivity index (χ2v) is 9.98. The van der Waals surface area contributed by atoms with Crippen LogP contribution in [0.25, 0.3) is 17.0 Å². The van der Waals surface area contributed by atoms with Gasteiger partial charge in [0.25, 0.3) is 11.8 Å². The molecule has 0 N–H and O–H groups in total. The van der Waals surface area contributed by atoms with E-state index in [0.29, 0.717) is 22.5 Å². The standard InChI is InChI=1S/C34H27N3O3/c1-23-12-16-27(17-13-23)36-33(39)30(34(40)37(36)28-18-14-24(2)15-19-28)20-26-21-35(31-11-7-6-10-29(26)31)22-32(38)25-8-4-3-5-9-25/h3-21H,22H2,1-2H3. The van der Waals surface area contributed by atoms with Crippen molar-refractivity contribution in [3.05, 3.63) is 137 Å². The van der Waals surface area contributed by atoms with Gasteiger partial charge in [0.05, 0.1) is 17.9 Å². The van der Waals surface area contributed by atoms with Gasteiger partial charge in [-0.25, -0.2) is 10.0 Å². The highest BCUT2D eigenvalue weighted by Crippen LogP contribution is 2.34. The van der Waals surface area contributed by atoms with Gasteiger partial charge in [0.15, 0.2) is 5.78 Å². The highest BCUT2D eigenvalue weighted by atomic mass is 16.2. The summed E-state index contributed by atoms with van der Waals surface area (Å²) in [6.07, 6.45) is 3.48. The molecule has 0 atom stereocenters. The summed E-state index contributed by atoms with van der Waals surface area (Å²) in [6, 6.07) is 31.9. The predicted molar refractivity (Wildman–Crippen MR) is 158 cm³/mol. The van der Waals surface area contributed by atoms with Crippen molar-refractivity contribution in [1.29, 1.82) is 0 Å². The summed E-state index contributed by atoms with van der Waals surface area (Å²) in [4.78, 5) is 40.8. The van der Waals surface area contributed by atoms with Crippen LogP contribution >= 0.6 is 0 Å². The van der Waals surface area contributed by atoms with Crippen LogP contribution in [0.15, 0.2) is 115 Å². The zero-order chi connectivity index (χ0) is 27.8. The fourth-order valence-corrected chi connectivity index (χ4v) is 5.01. The van der Waals surface area contributed by atoms with Crippen molar-refractivity contribution >= 4 is 46.0 Å². The maximum absolute atomic E-state index is 13.9. The number of ketones is 1. The first kappa shape index (κ1) is 25.1. The zero-order valence-electron chi connectivity index (χ0n) is 22.2. The molecule has 0 aliphatic carbocycles. The van der Waals surface area contributed by atoms with Gasteiger partial charge in [0, 0.05) is 28.2 Å². The van der Waals surface area contributed by atoms with E-state index in [9.17, 15) is 14.4 Å². The van der Waals surface area contributed by atoms with Crippen LogP contribution in [0.4, 0.5) is 11.4 Å². The number of anilines is 2. The Morgan fingerprint density at radius 3 is 1.77 bits per heavy atom. The number of fused-ring (bicyclic) bond motifs is 1. The van der Waals surface area contributed by atoms with E-state index < -0.39 is 11.8 Å². The van der Waals surface area contributed by atoms with Gasteiger partial charge in [0.2, 0.25) is 0 Å². The second kappa shape index (κ2) is 10.2. The van der Waals surface area contributed by atoms with Gasteiger partial charge in [0.1, 0.15) is 5.57 Å². The minimum Gasteiger partial charge on any atom is -0.339 e. The van der Waals surface area contributed by atoms with Crippen LogP contribution in [0.5, 0.6) is 0 Å². The molecule has 0 spiro atoms. The van der Waals surface area contributed by atoms with Crippen molar-refractivity contribution in [3.8, 4) is 0 Å². The first-order valence-electron chi connectivity index (χ1n) is 13.1. The van der Waals surface area contributed by atoms with Crippen LogP contribution in [0.3, 0.4) is 0 Å². The molecule has 1 aromatic heterocycles. The lowest BCUT2D eigenvalue weighted by Gasteiger charge is -2.27. The fourth-order valence-electron chi connectivity index (χ4n) is 5.01. The number of carbonyl (C=O) groups is 3. The van der Waals surface area contributed by atoms with Gasteiger partial charge in [-0.15, -0.1) is 0 Å². The lowest BCUT2D eigenvalue weighted by molar-refractivity contribution is -0.116. The number of aromatic nitrogens is 1. The first-order valence-corrected chi connectivity index (χ1v) is 13.1. The molecule has 1 fully saturated rings. The molecule has 0 saturated carbocycles. The van der Waals surface area contributed by atoms with Crippen LogP contribution in [0.1, 0.15) is 27.0 Å². The molecule has 0 bridgehead atoms. The monoisotopic (exact) mass is 525 g/mol. The average Bonchev–Trinajstić information content (AvgIpc) is 3.44. The molecule has 1 aliphatic rings. The van der Waals surface area contributed by atoms with Gasteiger partial charge >= 0.3 is 0 Å². The van der Waals surface area contributed by atoms with Gasteiger partial charge in [-0.2, -0.15) is 0 Å². The molecule has 6 nitrogen and oxygen atoms in total. The molecular formula is C34H27N3O3. The third kappa shape index (κ3) is 4.50. The van der Waals surface area contributed by atoms with E-state index in [0.717, 1.165) is 22.0 Å². The van der Waals surface area contributed by atoms with Crippen molar-refractivity contribution < 1.29 is 14.4 Å². The largest absolute Gasteiger partial charge is 0.339 e. The Morgan fingerprint density at radius 2 is 1.20 bits per heavy atom. The lowest BCUT2D eigenvalue weighted by atomic mass is 10.1. The summed E-state index contributed by atoms with van der Waals surface area (Å²) in [7, 11) is 0. The molecule has 2 heterocycles. The molecule has 0 unspecified atom stereocenters. The molecule has 40 heavy (non-hydrogen) atoms. The maximum Gasteiger partial charge on any atom is 0.283 e. The smallest absolute Gasteiger partial charge is 0.283 e. The Kier molecular flexibility index (Phi) is 6.36. The quantitative estimate of drug-likeness (QED) is 0.144. The van der Waals surface area contributed by atoms with Gasteiger partial charge < -0.3 is 4.57 Å². The molecule has 5 aromatic rings. The molecule has 4 aromatic carbocycles. The van der Waals surface area contributed by atoms with Crippen LogP contribution in [-0.4, -0.2) is 22.2 Å². The zero-order valence-corrected chi connectivity index (χ0v) is 22.2. The number of rotatable bonds is 6. The van der Waals surface area contributed by atoms with Gasteiger partial charge in [-0.05, 0) is 50.3 Å². The SMILES string of the molecule is Cc1ccc(N2C(=O)C(=Cc3cn(CC(=O)c4ccccc4)c4ccccc34)C(=O)N2c2ccc(C)cc2)cc1. The van der Waals surface area contributed by atoms with Crippen LogP contribution < -0.4 is 10.0 Å². The topological polar surface area (TPSA) is 62.6 Å². The van der Waals surface area contributed by atoms with E-state index >= 15 is 0 Å². The van der Waals surface area contributed by atoms with Crippen LogP contribution in [0, 0.1) is 13.8 Å². The number of hydrogen-bond acceptors (Lipinski definition) is 3. The van der Waals surface area contributed by atoms with E-state index in [2.05, 4.69) is 0 Å². The molecule has 1 aliphatic heterocycles. The van der Waals surface area contributed by atoms with E-state index in [4.69, 9.17) is 0 Å². The number of aryl methyl sites for hydroxylation is 2. The summed E-state index contributed by atoms with van der Waals surface area (Å²) in [6.45, 7) is 4.09. The van der Waals surface area contributed by atoms with E-state index in [1.165, 1.54) is 10.0 Å². The van der Waals surface area contributed by atoms with Gasteiger partial charge in [-0.3, -0.25) is 14.4 Å². The van der Waals surface area contributed by atoms with E-state index in [-0.39, 0.29) is 17.9 Å². The Hall–Kier alpha value is -5.23. The van der Waals surface area contributed by atoms with E-state index in [1.54, 1.807) is 18.2 Å². The third-order valence-corrected chi connectivity index (χ3v) is 7.13. The Morgan fingerprint density at radius 1 is 0.675 bits per heavy atom. The molecule has 1 saturated heterocycles. The third-order valence-electron chi connectivity index (χ3n) is 7.13. The predicted octanol–water partition coefficient (Wildman–Crippen LogP) is 6.52. The van der Waals surface area contributed by atoms with Gasteiger partial charge in [-0.1, -0.05) is 83.9 Å².